The van der Waals surface area contributed by atoms with Crippen molar-refractivity contribution >= 4 is 23.4 Å². The van der Waals surface area contributed by atoms with E-state index in [0.717, 1.165) is 30.9 Å². The minimum atomic E-state index is -0.0365. The van der Waals surface area contributed by atoms with Gasteiger partial charge in [-0.25, -0.2) is 4.68 Å². The first-order valence-electron chi connectivity index (χ1n) is 7.93. The maximum atomic E-state index is 12.0. The standard InChI is InChI=1S/C14H21N7OS/c1-2-20-8-11(7-15-20)16-14(22)10-23-9-13-17-18-19-21(13)12-5-3-4-6-12/h7-8,12H,2-6,9-10H2,1H3,(H,16,22). The lowest BCUT2D eigenvalue weighted by molar-refractivity contribution is -0.113. The summed E-state index contributed by atoms with van der Waals surface area (Å²) in [6, 6.07) is 0.425. The number of rotatable bonds is 7. The molecule has 124 valence electrons. The molecule has 2 aromatic heterocycles. The number of carbonyl (C=O) groups excluding carboxylic acids is 1. The zero-order chi connectivity index (χ0) is 16.1. The zero-order valence-electron chi connectivity index (χ0n) is 13.2. The molecule has 1 N–H and O–H groups in total. The van der Waals surface area contributed by atoms with E-state index in [1.807, 2.05) is 17.8 Å². The first kappa shape index (κ1) is 16.0. The summed E-state index contributed by atoms with van der Waals surface area (Å²) in [4.78, 5) is 12.0. The fourth-order valence-electron chi connectivity index (χ4n) is 2.77. The highest BCUT2D eigenvalue weighted by molar-refractivity contribution is 7.99. The summed E-state index contributed by atoms with van der Waals surface area (Å²) in [5.41, 5.74) is 0.730. The maximum absolute atomic E-state index is 12.0. The molecule has 0 saturated heterocycles. The van der Waals surface area contributed by atoms with Gasteiger partial charge in [-0.15, -0.1) is 16.9 Å². The van der Waals surface area contributed by atoms with Gasteiger partial charge in [0.05, 0.1) is 29.4 Å². The molecule has 0 aromatic carbocycles. The molecule has 0 aliphatic heterocycles. The number of tetrazole rings is 1. The molecule has 23 heavy (non-hydrogen) atoms. The molecule has 0 atom stereocenters. The summed E-state index contributed by atoms with van der Waals surface area (Å²) < 4.78 is 3.71. The molecular formula is C14H21N7OS. The minimum Gasteiger partial charge on any atom is -0.323 e. The summed E-state index contributed by atoms with van der Waals surface area (Å²) in [7, 11) is 0. The number of hydrogen-bond donors (Lipinski definition) is 1. The Kier molecular flexibility index (Phi) is 5.27. The third kappa shape index (κ3) is 4.10. The number of hydrogen-bond acceptors (Lipinski definition) is 6. The first-order valence-corrected chi connectivity index (χ1v) is 9.08. The number of aryl methyl sites for hydroxylation is 1. The van der Waals surface area contributed by atoms with E-state index in [2.05, 4.69) is 25.9 Å². The SMILES string of the molecule is CCn1cc(NC(=O)CSCc2nnnn2C2CCCC2)cn1. The Bertz CT molecular complexity index is 647. The summed E-state index contributed by atoms with van der Waals surface area (Å²) in [6.07, 6.45) is 8.25. The van der Waals surface area contributed by atoms with Gasteiger partial charge in [-0.1, -0.05) is 12.8 Å². The van der Waals surface area contributed by atoms with Gasteiger partial charge in [0.25, 0.3) is 0 Å². The molecule has 0 unspecified atom stereocenters. The lowest BCUT2D eigenvalue weighted by atomic mass is 10.2. The average Bonchev–Trinajstić information content (AvgIpc) is 3.28. The second-order valence-corrected chi connectivity index (χ2v) is 6.59. The van der Waals surface area contributed by atoms with Crippen LogP contribution in [0.15, 0.2) is 12.4 Å². The van der Waals surface area contributed by atoms with E-state index in [-0.39, 0.29) is 5.91 Å². The molecule has 2 heterocycles. The van der Waals surface area contributed by atoms with Gasteiger partial charge in [0.15, 0.2) is 5.82 Å². The van der Waals surface area contributed by atoms with Crippen LogP contribution in [-0.2, 0) is 17.1 Å². The second kappa shape index (κ2) is 7.58. The monoisotopic (exact) mass is 335 g/mol. The quantitative estimate of drug-likeness (QED) is 0.831. The van der Waals surface area contributed by atoms with Gasteiger partial charge in [0, 0.05) is 12.7 Å². The molecule has 8 nitrogen and oxygen atoms in total. The molecular weight excluding hydrogens is 314 g/mol. The normalized spacial score (nSPS) is 15.2. The van der Waals surface area contributed by atoms with Crippen LogP contribution in [0.5, 0.6) is 0 Å². The fourth-order valence-corrected chi connectivity index (χ4v) is 3.51. The van der Waals surface area contributed by atoms with Crippen LogP contribution >= 0.6 is 11.8 Å². The van der Waals surface area contributed by atoms with Crippen molar-refractivity contribution in [2.45, 2.75) is 50.9 Å². The van der Waals surface area contributed by atoms with Crippen molar-refractivity contribution in [1.82, 2.24) is 30.0 Å². The first-order chi connectivity index (χ1) is 11.3. The summed E-state index contributed by atoms with van der Waals surface area (Å²) in [5, 5.41) is 19.0. The predicted molar refractivity (Wildman–Crippen MR) is 88.0 cm³/mol. The average molecular weight is 335 g/mol. The topological polar surface area (TPSA) is 90.5 Å². The van der Waals surface area contributed by atoms with Crippen LogP contribution in [0.3, 0.4) is 0 Å². The van der Waals surface area contributed by atoms with Crippen molar-refractivity contribution in [2.75, 3.05) is 11.1 Å². The Hall–Kier alpha value is -1.90. The molecule has 2 aromatic rings. The zero-order valence-corrected chi connectivity index (χ0v) is 14.0. The van der Waals surface area contributed by atoms with Crippen LogP contribution in [0.4, 0.5) is 5.69 Å². The van der Waals surface area contributed by atoms with Crippen LogP contribution in [-0.4, -0.2) is 41.6 Å². The molecule has 0 bridgehead atoms. The number of nitrogens with zero attached hydrogens (tertiary/aromatic N) is 6. The van der Waals surface area contributed by atoms with Crippen LogP contribution < -0.4 is 5.32 Å². The largest absolute Gasteiger partial charge is 0.323 e. The molecule has 0 spiro atoms. The highest BCUT2D eigenvalue weighted by Crippen LogP contribution is 2.29. The van der Waals surface area contributed by atoms with Crippen molar-refractivity contribution in [2.24, 2.45) is 0 Å². The number of carbonyl (C=O) groups is 1. The number of aromatic nitrogens is 6. The molecule has 1 aliphatic rings. The maximum Gasteiger partial charge on any atom is 0.234 e. The van der Waals surface area contributed by atoms with E-state index in [1.54, 1.807) is 10.9 Å². The van der Waals surface area contributed by atoms with E-state index < -0.39 is 0 Å². The lowest BCUT2D eigenvalue weighted by Crippen LogP contribution is -2.15. The third-order valence-electron chi connectivity index (χ3n) is 3.94. The van der Waals surface area contributed by atoms with Crippen LogP contribution in [0.2, 0.25) is 0 Å². The Morgan fingerprint density at radius 2 is 2.26 bits per heavy atom. The van der Waals surface area contributed by atoms with Crippen molar-refractivity contribution in [3.05, 3.63) is 18.2 Å². The number of amides is 1. The minimum absolute atomic E-state index is 0.0365. The van der Waals surface area contributed by atoms with Crippen LogP contribution in [0, 0.1) is 0 Å². The van der Waals surface area contributed by atoms with E-state index >= 15 is 0 Å². The number of anilines is 1. The van der Waals surface area contributed by atoms with E-state index in [4.69, 9.17) is 0 Å². The Morgan fingerprint density at radius 1 is 1.43 bits per heavy atom. The highest BCUT2D eigenvalue weighted by Gasteiger charge is 2.21. The van der Waals surface area contributed by atoms with Crippen molar-refractivity contribution < 1.29 is 4.79 Å². The Labute approximate surface area is 139 Å². The van der Waals surface area contributed by atoms with Crippen molar-refractivity contribution in [1.29, 1.82) is 0 Å². The van der Waals surface area contributed by atoms with E-state index in [1.165, 1.54) is 24.6 Å². The van der Waals surface area contributed by atoms with E-state index in [0.29, 0.717) is 17.5 Å². The van der Waals surface area contributed by atoms with Crippen molar-refractivity contribution in [3.63, 3.8) is 0 Å². The summed E-state index contributed by atoms with van der Waals surface area (Å²) in [5.74, 6) is 1.83. The van der Waals surface area contributed by atoms with Crippen LogP contribution in [0.1, 0.15) is 44.5 Å². The van der Waals surface area contributed by atoms with Gasteiger partial charge in [0.1, 0.15) is 0 Å². The Morgan fingerprint density at radius 3 is 3.00 bits per heavy atom. The van der Waals surface area contributed by atoms with Gasteiger partial charge < -0.3 is 5.32 Å². The molecule has 1 aliphatic carbocycles. The Balaban J connectivity index is 1.46. The van der Waals surface area contributed by atoms with Gasteiger partial charge in [-0.05, 0) is 30.2 Å². The van der Waals surface area contributed by atoms with Crippen LogP contribution in [0.25, 0.3) is 0 Å². The van der Waals surface area contributed by atoms with Crippen molar-refractivity contribution in [3.8, 4) is 0 Å². The molecule has 1 fully saturated rings. The van der Waals surface area contributed by atoms with Gasteiger partial charge in [-0.2, -0.15) is 5.10 Å². The third-order valence-corrected chi connectivity index (χ3v) is 4.87. The number of thioether (sulfide) groups is 1. The fraction of sp³-hybridized carbons (Fsp3) is 0.643. The second-order valence-electron chi connectivity index (χ2n) is 5.60. The molecule has 0 radical (unpaired) electrons. The van der Waals surface area contributed by atoms with Gasteiger partial charge in [-0.3, -0.25) is 9.48 Å². The summed E-state index contributed by atoms with van der Waals surface area (Å²) in [6.45, 7) is 2.79. The molecule has 1 saturated carbocycles. The molecule has 3 rings (SSSR count). The summed E-state index contributed by atoms with van der Waals surface area (Å²) >= 11 is 1.52. The molecule has 9 heteroatoms. The number of nitrogens with one attached hydrogen (secondary N) is 1. The smallest absolute Gasteiger partial charge is 0.234 e. The van der Waals surface area contributed by atoms with Gasteiger partial charge in [0.2, 0.25) is 5.91 Å². The highest BCUT2D eigenvalue weighted by atomic mass is 32.2. The predicted octanol–water partition coefficient (Wildman–Crippen LogP) is 1.88. The van der Waals surface area contributed by atoms with Gasteiger partial charge >= 0.3 is 0 Å². The molecule has 1 amide bonds. The lowest BCUT2D eigenvalue weighted by Gasteiger charge is -2.10. The van der Waals surface area contributed by atoms with E-state index in [9.17, 15) is 4.79 Å².